The number of pyridine rings is 1. The molecule has 5 rings (SSSR count). The molecule has 0 atom stereocenters. The maximum atomic E-state index is 13.0. The zero-order valence-corrected chi connectivity index (χ0v) is 19.1. The van der Waals surface area contributed by atoms with Crippen molar-refractivity contribution in [3.63, 3.8) is 0 Å². The molecule has 3 aliphatic heterocycles. The van der Waals surface area contributed by atoms with Crippen LogP contribution >= 0.6 is 0 Å². The van der Waals surface area contributed by atoms with Crippen molar-refractivity contribution in [3.8, 4) is 0 Å². The molecular weight excluding hydrogens is 418 g/mol. The third kappa shape index (κ3) is 5.43. The van der Waals surface area contributed by atoms with Crippen LogP contribution in [-0.2, 0) is 9.53 Å². The number of hydrogen-bond donors (Lipinski definition) is 2. The largest absolute Gasteiger partial charge is 0.379 e. The lowest BCUT2D eigenvalue weighted by Crippen LogP contribution is -2.43. The summed E-state index contributed by atoms with van der Waals surface area (Å²) in [7, 11) is 0. The fraction of sp³-hybridized carbons (Fsp3) is 0.542. The summed E-state index contributed by atoms with van der Waals surface area (Å²) in [4.78, 5) is 21.9. The van der Waals surface area contributed by atoms with Crippen molar-refractivity contribution < 1.29 is 9.53 Å². The van der Waals surface area contributed by atoms with Gasteiger partial charge in [0.1, 0.15) is 5.71 Å². The second-order valence-corrected chi connectivity index (χ2v) is 8.88. The van der Waals surface area contributed by atoms with Gasteiger partial charge in [0.25, 0.3) is 5.91 Å². The Morgan fingerprint density at radius 2 is 1.91 bits per heavy atom. The number of nitrogens with zero attached hydrogens (tertiary/aromatic N) is 5. The molecule has 0 bridgehead atoms. The lowest BCUT2D eigenvalue weighted by atomic mass is 10.0. The summed E-state index contributed by atoms with van der Waals surface area (Å²) < 4.78 is 5.44. The standard InChI is InChI=1S/C24H33N7O2/c32-24(27-22-17-26-7-5-23(22)30-11-8-25-9-12-30)21-6-10-31(28-21)20-3-1-19(2-4-20)18-29-13-15-33-16-14-29/h1,3,5,7,17,25H,2,4,6,8-16,18H2,(H,27,32). The predicted molar refractivity (Wildman–Crippen MR) is 129 cm³/mol. The van der Waals surface area contributed by atoms with E-state index in [1.165, 1.54) is 11.3 Å². The van der Waals surface area contributed by atoms with Gasteiger partial charge in [0.15, 0.2) is 0 Å². The second-order valence-electron chi connectivity index (χ2n) is 8.88. The Morgan fingerprint density at radius 3 is 2.70 bits per heavy atom. The summed E-state index contributed by atoms with van der Waals surface area (Å²) in [5, 5.41) is 13.1. The number of anilines is 2. The van der Waals surface area contributed by atoms with Gasteiger partial charge >= 0.3 is 0 Å². The van der Waals surface area contributed by atoms with E-state index in [0.29, 0.717) is 12.1 Å². The highest BCUT2D eigenvalue weighted by molar-refractivity contribution is 6.43. The zero-order valence-electron chi connectivity index (χ0n) is 19.1. The van der Waals surface area contributed by atoms with Crippen LogP contribution in [-0.4, -0.2) is 92.1 Å². The van der Waals surface area contributed by atoms with E-state index in [0.717, 1.165) is 89.8 Å². The number of piperazine rings is 1. The Hall–Kier alpha value is -2.75. The molecule has 2 fully saturated rings. The van der Waals surface area contributed by atoms with Crippen LogP contribution in [0.2, 0.25) is 0 Å². The molecule has 9 heteroatoms. The molecule has 2 saturated heterocycles. The van der Waals surface area contributed by atoms with Crippen molar-refractivity contribution in [1.29, 1.82) is 0 Å². The number of ether oxygens (including phenoxy) is 1. The lowest BCUT2D eigenvalue weighted by molar-refractivity contribution is -0.110. The van der Waals surface area contributed by atoms with Crippen LogP contribution in [0.25, 0.3) is 0 Å². The highest BCUT2D eigenvalue weighted by atomic mass is 16.5. The van der Waals surface area contributed by atoms with Crippen LogP contribution in [0.3, 0.4) is 0 Å². The summed E-state index contributed by atoms with van der Waals surface area (Å²) in [6, 6.07) is 1.97. The topological polar surface area (TPSA) is 85.3 Å². The number of rotatable bonds is 6. The molecular formula is C24H33N7O2. The molecule has 1 aromatic rings. The van der Waals surface area contributed by atoms with Gasteiger partial charge < -0.3 is 20.3 Å². The fourth-order valence-corrected chi connectivity index (χ4v) is 4.75. The molecule has 0 unspecified atom stereocenters. The van der Waals surface area contributed by atoms with Crippen LogP contribution in [0.4, 0.5) is 11.4 Å². The van der Waals surface area contributed by atoms with Gasteiger partial charge in [0.2, 0.25) is 0 Å². The number of aromatic nitrogens is 1. The molecule has 0 radical (unpaired) electrons. The van der Waals surface area contributed by atoms with Gasteiger partial charge in [-0.05, 0) is 25.0 Å². The second kappa shape index (κ2) is 10.5. The number of hydrogen-bond acceptors (Lipinski definition) is 8. The number of carbonyl (C=O) groups is 1. The zero-order chi connectivity index (χ0) is 22.5. The summed E-state index contributed by atoms with van der Waals surface area (Å²) in [5.41, 5.74) is 4.99. The number of allylic oxidation sites excluding steroid dienone is 3. The maximum absolute atomic E-state index is 13.0. The monoisotopic (exact) mass is 451 g/mol. The number of carbonyl (C=O) groups excluding carboxylic acids is 1. The Kier molecular flexibility index (Phi) is 6.99. The Morgan fingerprint density at radius 1 is 1.06 bits per heavy atom. The predicted octanol–water partition coefficient (Wildman–Crippen LogP) is 1.43. The quantitative estimate of drug-likeness (QED) is 0.677. The molecule has 2 N–H and O–H groups in total. The lowest BCUT2D eigenvalue weighted by Gasteiger charge is -2.30. The van der Waals surface area contributed by atoms with Crippen molar-refractivity contribution in [2.45, 2.75) is 19.3 Å². The molecule has 0 aromatic carbocycles. The summed E-state index contributed by atoms with van der Waals surface area (Å²) in [6.07, 6.45) is 10.6. The number of amides is 1. The van der Waals surface area contributed by atoms with Crippen molar-refractivity contribution in [2.24, 2.45) is 5.10 Å². The van der Waals surface area contributed by atoms with Gasteiger partial charge in [-0.2, -0.15) is 5.10 Å². The van der Waals surface area contributed by atoms with Crippen LogP contribution < -0.4 is 15.5 Å². The van der Waals surface area contributed by atoms with E-state index in [1.54, 1.807) is 12.4 Å². The summed E-state index contributed by atoms with van der Waals surface area (Å²) in [5.74, 6) is -0.137. The SMILES string of the molecule is O=C(Nc1cnccc1N1CCNCC1)C1=NN(C2=CC=C(CN3CCOCC3)CC2)CC1. The molecule has 4 aliphatic rings. The third-order valence-electron chi connectivity index (χ3n) is 6.64. The minimum absolute atomic E-state index is 0.137. The number of hydrazone groups is 1. The van der Waals surface area contributed by atoms with Crippen LogP contribution in [0.15, 0.2) is 47.0 Å². The van der Waals surface area contributed by atoms with Gasteiger partial charge in [-0.1, -0.05) is 11.6 Å². The summed E-state index contributed by atoms with van der Waals surface area (Å²) in [6.45, 7) is 9.16. The minimum Gasteiger partial charge on any atom is -0.379 e. The van der Waals surface area contributed by atoms with Crippen LogP contribution in [0.5, 0.6) is 0 Å². The van der Waals surface area contributed by atoms with E-state index >= 15 is 0 Å². The fourth-order valence-electron chi connectivity index (χ4n) is 4.75. The van der Waals surface area contributed by atoms with Crippen molar-refractivity contribution in [2.75, 3.05) is 75.8 Å². The molecule has 1 aromatic heterocycles. The van der Waals surface area contributed by atoms with Gasteiger partial charge in [0.05, 0.1) is 30.8 Å². The Balaban J connectivity index is 1.20. The minimum atomic E-state index is -0.137. The normalized spacial score (nSPS) is 22.0. The van der Waals surface area contributed by atoms with E-state index in [2.05, 4.69) is 42.7 Å². The van der Waals surface area contributed by atoms with Gasteiger partial charge in [-0.3, -0.25) is 19.7 Å². The summed E-state index contributed by atoms with van der Waals surface area (Å²) >= 11 is 0. The molecule has 1 amide bonds. The molecule has 0 spiro atoms. The first-order chi connectivity index (χ1) is 16.3. The molecule has 176 valence electrons. The highest BCUT2D eigenvalue weighted by Gasteiger charge is 2.25. The van der Waals surface area contributed by atoms with Crippen LogP contribution in [0.1, 0.15) is 19.3 Å². The highest BCUT2D eigenvalue weighted by Crippen LogP contribution is 2.27. The van der Waals surface area contributed by atoms with E-state index in [4.69, 9.17) is 4.74 Å². The first-order valence-electron chi connectivity index (χ1n) is 12.0. The van der Waals surface area contributed by atoms with E-state index < -0.39 is 0 Å². The molecule has 9 nitrogen and oxygen atoms in total. The molecule has 4 heterocycles. The number of nitrogens with one attached hydrogen (secondary N) is 2. The van der Waals surface area contributed by atoms with E-state index in [1.807, 2.05) is 11.1 Å². The molecule has 33 heavy (non-hydrogen) atoms. The van der Waals surface area contributed by atoms with Gasteiger partial charge in [-0.25, -0.2) is 0 Å². The van der Waals surface area contributed by atoms with Crippen LogP contribution in [0, 0.1) is 0 Å². The Labute approximate surface area is 195 Å². The Bertz CT molecular complexity index is 946. The third-order valence-corrected chi connectivity index (χ3v) is 6.64. The average molecular weight is 452 g/mol. The van der Waals surface area contributed by atoms with E-state index in [9.17, 15) is 4.79 Å². The van der Waals surface area contributed by atoms with Crippen molar-refractivity contribution >= 4 is 23.0 Å². The average Bonchev–Trinajstić information content (AvgIpc) is 3.37. The molecule has 0 saturated carbocycles. The first-order valence-corrected chi connectivity index (χ1v) is 12.0. The molecule has 1 aliphatic carbocycles. The smallest absolute Gasteiger partial charge is 0.272 e. The maximum Gasteiger partial charge on any atom is 0.272 e. The van der Waals surface area contributed by atoms with Crippen molar-refractivity contribution in [1.82, 2.24) is 20.2 Å². The van der Waals surface area contributed by atoms with Gasteiger partial charge in [-0.15, -0.1) is 0 Å². The van der Waals surface area contributed by atoms with Crippen molar-refractivity contribution in [3.05, 3.63) is 41.9 Å². The number of morpholine rings is 1. The van der Waals surface area contributed by atoms with E-state index in [-0.39, 0.29) is 5.91 Å². The first kappa shape index (κ1) is 22.1. The van der Waals surface area contributed by atoms with Gasteiger partial charge in [0, 0.05) is 70.7 Å².